The maximum atomic E-state index is 13.1. The number of nitrogens with zero attached hydrogens (tertiary/aromatic N) is 2. The molecule has 2 rings (SSSR count). The van der Waals surface area contributed by atoms with Gasteiger partial charge < -0.3 is 9.47 Å². The molecule has 2 aromatic rings. The van der Waals surface area contributed by atoms with Gasteiger partial charge in [0.1, 0.15) is 12.3 Å². The molecule has 0 amide bonds. The third-order valence-electron chi connectivity index (χ3n) is 3.55. The van der Waals surface area contributed by atoms with E-state index in [1.807, 2.05) is 0 Å². The Labute approximate surface area is 156 Å². The first-order valence-electron chi connectivity index (χ1n) is 7.86. The zero-order chi connectivity index (χ0) is 20.0. The number of benzene rings is 2. The van der Waals surface area contributed by atoms with Gasteiger partial charge in [-0.2, -0.15) is 0 Å². The van der Waals surface area contributed by atoms with E-state index in [1.54, 1.807) is 6.92 Å². The molecular weight excluding hydrogens is 376 g/mol. The molecule has 0 aromatic heterocycles. The number of methoxy groups -OCH3 is 1. The minimum absolute atomic E-state index is 0.0894. The summed E-state index contributed by atoms with van der Waals surface area (Å²) >= 11 is 0. The zero-order valence-electron chi connectivity index (χ0n) is 14.7. The molecule has 0 atom stereocenters. The summed E-state index contributed by atoms with van der Waals surface area (Å²) in [5.74, 6) is -0.245. The van der Waals surface area contributed by atoms with Gasteiger partial charge in [-0.3, -0.25) is 19.2 Å². The predicted octanol–water partition coefficient (Wildman–Crippen LogP) is 2.36. The van der Waals surface area contributed by atoms with E-state index in [0.29, 0.717) is 5.75 Å². The Bertz CT molecular complexity index is 927. The number of anilines is 1. The molecule has 0 heterocycles. The van der Waals surface area contributed by atoms with Crippen LogP contribution in [0.2, 0.25) is 0 Å². The van der Waals surface area contributed by atoms with E-state index in [1.165, 1.54) is 49.6 Å². The Morgan fingerprint density at radius 1 is 1.19 bits per heavy atom. The molecule has 2 aromatic carbocycles. The smallest absolute Gasteiger partial charge is 0.326 e. The number of hydrogen-bond acceptors (Lipinski definition) is 7. The van der Waals surface area contributed by atoms with E-state index in [2.05, 4.69) is 0 Å². The molecule has 0 bridgehead atoms. The first kappa shape index (κ1) is 20.2. The van der Waals surface area contributed by atoms with Gasteiger partial charge in [0.25, 0.3) is 15.7 Å². The zero-order valence-corrected chi connectivity index (χ0v) is 15.5. The summed E-state index contributed by atoms with van der Waals surface area (Å²) in [6.45, 7) is 1.11. The second-order valence-corrected chi connectivity index (χ2v) is 7.13. The van der Waals surface area contributed by atoms with Crippen molar-refractivity contribution in [2.24, 2.45) is 0 Å². The van der Waals surface area contributed by atoms with Crippen LogP contribution in [0.1, 0.15) is 6.92 Å². The molecular formula is C17H18N2O7S. The van der Waals surface area contributed by atoms with Crippen molar-refractivity contribution in [1.29, 1.82) is 0 Å². The fourth-order valence-corrected chi connectivity index (χ4v) is 3.72. The fourth-order valence-electron chi connectivity index (χ4n) is 2.27. The monoisotopic (exact) mass is 394 g/mol. The molecule has 0 saturated heterocycles. The molecule has 27 heavy (non-hydrogen) atoms. The van der Waals surface area contributed by atoms with Crippen LogP contribution in [0.25, 0.3) is 0 Å². The number of nitro benzene ring substituents is 1. The summed E-state index contributed by atoms with van der Waals surface area (Å²) in [5, 5.41) is 11.0. The Morgan fingerprint density at radius 3 is 2.41 bits per heavy atom. The van der Waals surface area contributed by atoms with Crippen LogP contribution < -0.4 is 9.04 Å². The highest BCUT2D eigenvalue weighted by atomic mass is 32.2. The van der Waals surface area contributed by atoms with E-state index < -0.39 is 27.5 Å². The van der Waals surface area contributed by atoms with Crippen molar-refractivity contribution in [3.63, 3.8) is 0 Å². The van der Waals surface area contributed by atoms with Gasteiger partial charge in [-0.25, -0.2) is 8.42 Å². The first-order valence-corrected chi connectivity index (χ1v) is 9.30. The number of non-ortho nitro benzene ring substituents is 1. The van der Waals surface area contributed by atoms with Crippen LogP contribution in [0.15, 0.2) is 53.4 Å². The topological polar surface area (TPSA) is 116 Å². The van der Waals surface area contributed by atoms with Gasteiger partial charge in [-0.05, 0) is 37.3 Å². The molecule has 0 fully saturated rings. The summed E-state index contributed by atoms with van der Waals surface area (Å²) in [6.07, 6.45) is 0. The van der Waals surface area contributed by atoms with Crippen LogP contribution in [0.4, 0.5) is 11.4 Å². The highest BCUT2D eigenvalue weighted by Crippen LogP contribution is 2.27. The summed E-state index contributed by atoms with van der Waals surface area (Å²) < 4.78 is 36.9. The molecule has 0 radical (unpaired) electrons. The average molecular weight is 394 g/mol. The third-order valence-corrected chi connectivity index (χ3v) is 5.32. The van der Waals surface area contributed by atoms with Crippen molar-refractivity contribution in [3.05, 3.63) is 58.6 Å². The predicted molar refractivity (Wildman–Crippen MR) is 97.3 cm³/mol. The summed E-state index contributed by atoms with van der Waals surface area (Å²) in [6, 6.07) is 10.6. The lowest BCUT2D eigenvalue weighted by Crippen LogP contribution is -2.36. The molecule has 0 saturated carbocycles. The van der Waals surface area contributed by atoms with Gasteiger partial charge in [0.2, 0.25) is 0 Å². The number of sulfonamides is 1. The normalized spacial score (nSPS) is 10.9. The van der Waals surface area contributed by atoms with Gasteiger partial charge in [0, 0.05) is 12.1 Å². The van der Waals surface area contributed by atoms with Crippen LogP contribution >= 0.6 is 0 Å². The molecule has 10 heteroatoms. The van der Waals surface area contributed by atoms with Crippen LogP contribution in [0.3, 0.4) is 0 Å². The van der Waals surface area contributed by atoms with E-state index in [4.69, 9.17) is 9.47 Å². The summed E-state index contributed by atoms with van der Waals surface area (Å²) in [4.78, 5) is 21.9. The Kier molecular flexibility index (Phi) is 6.35. The lowest BCUT2D eigenvalue weighted by molar-refractivity contribution is -0.385. The number of hydrogen-bond donors (Lipinski definition) is 0. The highest BCUT2D eigenvalue weighted by molar-refractivity contribution is 7.92. The van der Waals surface area contributed by atoms with Gasteiger partial charge in [-0.15, -0.1) is 0 Å². The van der Waals surface area contributed by atoms with E-state index in [0.717, 1.165) is 10.4 Å². The van der Waals surface area contributed by atoms with Crippen molar-refractivity contribution < 1.29 is 27.6 Å². The number of ether oxygens (including phenoxy) is 2. The number of carbonyl (C=O) groups excluding carboxylic acids is 1. The third kappa shape index (κ3) is 4.73. The molecule has 0 aliphatic rings. The second kappa shape index (κ2) is 8.49. The first-order chi connectivity index (χ1) is 12.8. The Balaban J connectivity index is 2.51. The molecule has 144 valence electrons. The van der Waals surface area contributed by atoms with E-state index >= 15 is 0 Å². The number of esters is 1. The van der Waals surface area contributed by atoms with E-state index in [-0.39, 0.29) is 22.9 Å². The molecule has 0 spiro atoms. The SMILES string of the molecule is CCOC(=O)CN(c1ccc(OC)cc1)S(=O)(=O)c1cccc([N+](=O)[O-])c1. The minimum Gasteiger partial charge on any atom is -0.497 e. The Morgan fingerprint density at radius 2 is 1.85 bits per heavy atom. The highest BCUT2D eigenvalue weighted by Gasteiger charge is 2.29. The van der Waals surface area contributed by atoms with Gasteiger partial charge >= 0.3 is 5.97 Å². The largest absolute Gasteiger partial charge is 0.497 e. The molecule has 0 unspecified atom stereocenters. The van der Waals surface area contributed by atoms with Crippen molar-refractivity contribution in [2.45, 2.75) is 11.8 Å². The number of carbonyl (C=O) groups is 1. The number of rotatable bonds is 8. The van der Waals surface area contributed by atoms with Crippen molar-refractivity contribution in [2.75, 3.05) is 24.6 Å². The quantitative estimate of drug-likeness (QED) is 0.383. The Hall–Kier alpha value is -3.14. The van der Waals surface area contributed by atoms with Gasteiger partial charge in [-0.1, -0.05) is 6.07 Å². The summed E-state index contributed by atoms with van der Waals surface area (Å²) in [7, 11) is -2.79. The molecule has 0 aliphatic heterocycles. The van der Waals surface area contributed by atoms with Crippen molar-refractivity contribution in [3.8, 4) is 5.75 Å². The van der Waals surface area contributed by atoms with Crippen molar-refractivity contribution in [1.82, 2.24) is 0 Å². The lowest BCUT2D eigenvalue weighted by atomic mass is 10.3. The summed E-state index contributed by atoms with van der Waals surface area (Å²) in [5.41, 5.74) is -0.183. The minimum atomic E-state index is -4.26. The molecule has 0 N–H and O–H groups in total. The van der Waals surface area contributed by atoms with Crippen LogP contribution in [0, 0.1) is 10.1 Å². The van der Waals surface area contributed by atoms with Crippen LogP contribution in [-0.2, 0) is 19.6 Å². The van der Waals surface area contributed by atoms with Crippen LogP contribution in [-0.4, -0.2) is 39.6 Å². The standard InChI is InChI=1S/C17H18N2O7S/c1-3-26-17(20)12-18(13-7-9-15(25-2)10-8-13)27(23,24)16-6-4-5-14(11-16)19(21)22/h4-11H,3,12H2,1-2H3. The van der Waals surface area contributed by atoms with Crippen LogP contribution in [0.5, 0.6) is 5.75 Å². The lowest BCUT2D eigenvalue weighted by Gasteiger charge is -2.23. The fraction of sp³-hybridized carbons (Fsp3) is 0.235. The van der Waals surface area contributed by atoms with Gasteiger partial charge in [0.15, 0.2) is 0 Å². The van der Waals surface area contributed by atoms with Crippen molar-refractivity contribution >= 4 is 27.4 Å². The molecule has 9 nitrogen and oxygen atoms in total. The maximum absolute atomic E-state index is 13.1. The maximum Gasteiger partial charge on any atom is 0.326 e. The number of nitro groups is 1. The van der Waals surface area contributed by atoms with E-state index in [9.17, 15) is 23.3 Å². The van der Waals surface area contributed by atoms with Gasteiger partial charge in [0.05, 0.1) is 29.2 Å². The second-order valence-electron chi connectivity index (χ2n) is 5.27. The average Bonchev–Trinajstić information content (AvgIpc) is 2.66. The molecule has 0 aliphatic carbocycles.